The molecule has 0 radical (unpaired) electrons. The van der Waals surface area contributed by atoms with Crippen molar-refractivity contribution in [3.05, 3.63) is 0 Å². The molecule has 1 rings (SSSR count). The highest BCUT2D eigenvalue weighted by molar-refractivity contribution is 5.75. The first kappa shape index (κ1) is 14.0. The van der Waals surface area contributed by atoms with Crippen LogP contribution in [0.25, 0.3) is 0 Å². The predicted molar refractivity (Wildman–Crippen MR) is 52.6 cm³/mol. The van der Waals surface area contributed by atoms with Crippen LogP contribution in [0.1, 0.15) is 0 Å². The lowest BCUT2D eigenvalue weighted by Crippen LogP contribution is -2.58. The fourth-order valence-electron chi connectivity index (χ4n) is 1.29. The lowest BCUT2D eigenvalue weighted by molar-refractivity contribution is -0.195. The van der Waals surface area contributed by atoms with Crippen molar-refractivity contribution < 1.29 is 27.4 Å². The summed E-state index contributed by atoms with van der Waals surface area (Å²) in [6.07, 6.45) is -4.84. The third-order valence-electron chi connectivity index (χ3n) is 2.20. The SMILES string of the molecule is COCCNC(=O)N1CC(OCC(F)(F)F)C1. The van der Waals surface area contributed by atoms with E-state index in [-0.39, 0.29) is 19.1 Å². The van der Waals surface area contributed by atoms with Gasteiger partial charge in [-0.05, 0) is 0 Å². The van der Waals surface area contributed by atoms with Crippen molar-refractivity contribution in [1.29, 1.82) is 0 Å². The van der Waals surface area contributed by atoms with Crippen LogP contribution in [-0.2, 0) is 9.47 Å². The standard InChI is InChI=1S/C9H15F3N2O3/c1-16-3-2-13-8(15)14-4-7(5-14)17-6-9(10,11)12/h7H,2-6H2,1H3,(H,13,15). The van der Waals surface area contributed by atoms with Gasteiger partial charge in [-0.1, -0.05) is 0 Å². The summed E-state index contributed by atoms with van der Waals surface area (Å²) in [4.78, 5) is 12.7. The zero-order valence-corrected chi connectivity index (χ0v) is 9.42. The van der Waals surface area contributed by atoms with Crippen LogP contribution in [0.4, 0.5) is 18.0 Å². The van der Waals surface area contributed by atoms with Crippen molar-refractivity contribution in [3.63, 3.8) is 0 Å². The molecule has 0 aromatic heterocycles. The second-order valence-corrected chi connectivity index (χ2v) is 3.68. The lowest BCUT2D eigenvalue weighted by Gasteiger charge is -2.38. The first-order chi connectivity index (χ1) is 7.92. The lowest BCUT2D eigenvalue weighted by atomic mass is 10.2. The molecule has 1 heterocycles. The Balaban J connectivity index is 2.08. The van der Waals surface area contributed by atoms with Crippen molar-refractivity contribution >= 4 is 6.03 Å². The quantitative estimate of drug-likeness (QED) is 0.733. The van der Waals surface area contributed by atoms with Crippen molar-refractivity contribution in [1.82, 2.24) is 10.2 Å². The summed E-state index contributed by atoms with van der Waals surface area (Å²) in [5.74, 6) is 0. The Labute approximate surface area is 96.8 Å². The minimum absolute atomic E-state index is 0.189. The fraction of sp³-hybridized carbons (Fsp3) is 0.889. The number of carbonyl (C=O) groups excluding carboxylic acids is 1. The van der Waals surface area contributed by atoms with Gasteiger partial charge in [0, 0.05) is 13.7 Å². The molecule has 0 aromatic rings. The summed E-state index contributed by atoms with van der Waals surface area (Å²) in [5.41, 5.74) is 0. The van der Waals surface area contributed by atoms with Crippen LogP contribution in [0.15, 0.2) is 0 Å². The van der Waals surface area contributed by atoms with Crippen molar-refractivity contribution in [3.8, 4) is 0 Å². The molecule has 0 saturated carbocycles. The Morgan fingerprint density at radius 2 is 2.12 bits per heavy atom. The Morgan fingerprint density at radius 1 is 1.47 bits per heavy atom. The average Bonchev–Trinajstić information content (AvgIpc) is 2.13. The average molecular weight is 256 g/mol. The van der Waals surface area contributed by atoms with E-state index >= 15 is 0 Å². The molecule has 0 spiro atoms. The molecule has 1 aliphatic heterocycles. The molecule has 1 N–H and O–H groups in total. The number of nitrogens with one attached hydrogen (secondary N) is 1. The summed E-state index contributed by atoms with van der Waals surface area (Å²) in [6, 6.07) is -0.311. The topological polar surface area (TPSA) is 50.8 Å². The summed E-state index contributed by atoms with van der Waals surface area (Å²) in [6.45, 7) is -0.117. The number of nitrogens with zero attached hydrogens (tertiary/aromatic N) is 1. The van der Waals surface area contributed by atoms with Gasteiger partial charge in [0.2, 0.25) is 0 Å². The first-order valence-corrected chi connectivity index (χ1v) is 5.12. The maximum atomic E-state index is 11.8. The number of halogens is 3. The Bertz CT molecular complexity index is 254. The first-order valence-electron chi connectivity index (χ1n) is 5.12. The maximum Gasteiger partial charge on any atom is 0.411 e. The smallest absolute Gasteiger partial charge is 0.383 e. The number of methoxy groups -OCH3 is 1. The molecule has 100 valence electrons. The molecule has 1 fully saturated rings. The second kappa shape index (κ2) is 6.06. The summed E-state index contributed by atoms with van der Waals surface area (Å²) in [7, 11) is 1.51. The fourth-order valence-corrected chi connectivity index (χ4v) is 1.29. The number of amides is 2. The van der Waals surface area contributed by atoms with Gasteiger partial charge in [-0.25, -0.2) is 4.79 Å². The van der Waals surface area contributed by atoms with E-state index in [2.05, 4.69) is 10.1 Å². The second-order valence-electron chi connectivity index (χ2n) is 3.68. The van der Waals surface area contributed by atoms with E-state index in [0.717, 1.165) is 0 Å². The van der Waals surface area contributed by atoms with Crippen LogP contribution in [0, 0.1) is 0 Å². The van der Waals surface area contributed by atoms with Crippen LogP contribution in [0.3, 0.4) is 0 Å². The van der Waals surface area contributed by atoms with E-state index in [0.29, 0.717) is 13.2 Å². The Morgan fingerprint density at radius 3 is 2.65 bits per heavy atom. The van der Waals surface area contributed by atoms with E-state index in [9.17, 15) is 18.0 Å². The van der Waals surface area contributed by atoms with Crippen LogP contribution in [0.5, 0.6) is 0 Å². The number of ether oxygens (including phenoxy) is 2. The molecule has 1 saturated heterocycles. The minimum Gasteiger partial charge on any atom is -0.383 e. The van der Waals surface area contributed by atoms with Crippen LogP contribution in [-0.4, -0.2) is 63.2 Å². The van der Waals surface area contributed by atoms with Gasteiger partial charge in [-0.2, -0.15) is 13.2 Å². The van der Waals surface area contributed by atoms with Crippen molar-refractivity contribution in [2.45, 2.75) is 12.3 Å². The molecule has 0 unspecified atom stereocenters. The molecule has 17 heavy (non-hydrogen) atoms. The van der Waals surface area contributed by atoms with Gasteiger partial charge in [0.05, 0.1) is 25.8 Å². The summed E-state index contributed by atoms with van der Waals surface area (Å²) in [5, 5.41) is 2.56. The Hall–Kier alpha value is -1.02. The molecule has 0 atom stereocenters. The molecule has 1 aliphatic rings. The number of urea groups is 1. The van der Waals surface area contributed by atoms with E-state index in [1.807, 2.05) is 0 Å². The highest BCUT2D eigenvalue weighted by atomic mass is 19.4. The number of hydrogen-bond acceptors (Lipinski definition) is 3. The van der Waals surface area contributed by atoms with Gasteiger partial charge in [0.25, 0.3) is 0 Å². The van der Waals surface area contributed by atoms with Crippen LogP contribution < -0.4 is 5.32 Å². The maximum absolute atomic E-state index is 11.8. The zero-order valence-electron chi connectivity index (χ0n) is 9.42. The van der Waals surface area contributed by atoms with E-state index < -0.39 is 18.9 Å². The van der Waals surface area contributed by atoms with Gasteiger partial charge < -0.3 is 19.7 Å². The Kier molecular flexibility index (Phi) is 5.01. The molecular formula is C9H15F3N2O3. The van der Waals surface area contributed by atoms with E-state index in [4.69, 9.17) is 4.74 Å². The highest BCUT2D eigenvalue weighted by Gasteiger charge is 2.35. The monoisotopic (exact) mass is 256 g/mol. The van der Waals surface area contributed by atoms with Gasteiger partial charge >= 0.3 is 12.2 Å². The number of alkyl halides is 3. The van der Waals surface area contributed by atoms with Gasteiger partial charge in [-0.3, -0.25) is 0 Å². The number of likely N-dealkylation sites (tertiary alicyclic amines) is 1. The zero-order chi connectivity index (χ0) is 12.9. The van der Waals surface area contributed by atoms with Gasteiger partial charge in [0.1, 0.15) is 6.61 Å². The van der Waals surface area contributed by atoms with Crippen molar-refractivity contribution in [2.75, 3.05) is 40.0 Å². The molecule has 2 amide bonds. The predicted octanol–water partition coefficient (Wildman–Crippen LogP) is 0.605. The third-order valence-corrected chi connectivity index (χ3v) is 2.20. The van der Waals surface area contributed by atoms with E-state index in [1.165, 1.54) is 12.0 Å². The largest absolute Gasteiger partial charge is 0.411 e. The highest BCUT2D eigenvalue weighted by Crippen LogP contribution is 2.18. The minimum atomic E-state index is -4.32. The van der Waals surface area contributed by atoms with E-state index in [1.54, 1.807) is 0 Å². The van der Waals surface area contributed by atoms with Gasteiger partial charge in [-0.15, -0.1) is 0 Å². The number of carbonyl (C=O) groups is 1. The summed E-state index contributed by atoms with van der Waals surface area (Å²) >= 11 is 0. The van der Waals surface area contributed by atoms with Crippen LogP contribution in [0.2, 0.25) is 0 Å². The van der Waals surface area contributed by atoms with Crippen LogP contribution >= 0.6 is 0 Å². The number of hydrogen-bond donors (Lipinski definition) is 1. The normalized spacial score (nSPS) is 16.8. The molecule has 0 bridgehead atoms. The molecule has 0 aliphatic carbocycles. The molecular weight excluding hydrogens is 241 g/mol. The molecule has 8 heteroatoms. The molecule has 5 nitrogen and oxygen atoms in total. The summed E-state index contributed by atoms with van der Waals surface area (Å²) < 4.78 is 44.7. The number of rotatable bonds is 5. The molecule has 0 aromatic carbocycles. The van der Waals surface area contributed by atoms with Crippen molar-refractivity contribution in [2.24, 2.45) is 0 Å². The third kappa shape index (κ3) is 5.22. The van der Waals surface area contributed by atoms with Gasteiger partial charge in [0.15, 0.2) is 0 Å².